The number of rotatable bonds is 3. The van der Waals surface area contributed by atoms with Crippen molar-refractivity contribution in [2.75, 3.05) is 0 Å². The molecule has 0 unspecified atom stereocenters. The van der Waals surface area contributed by atoms with Crippen molar-refractivity contribution >= 4 is 5.91 Å². The average Bonchev–Trinajstić information content (AvgIpc) is 2.17. The van der Waals surface area contributed by atoms with Gasteiger partial charge < -0.3 is 0 Å². The van der Waals surface area contributed by atoms with Crippen LogP contribution in [0.25, 0.3) is 0 Å². The van der Waals surface area contributed by atoms with Crippen molar-refractivity contribution in [3.8, 4) is 0 Å². The summed E-state index contributed by atoms with van der Waals surface area (Å²) in [5.74, 6) is 4.97. The summed E-state index contributed by atoms with van der Waals surface area (Å²) in [6, 6.07) is 9.90. The molecule has 0 saturated heterocycles. The lowest BCUT2D eigenvalue weighted by atomic mass is 9.85. The van der Waals surface area contributed by atoms with Crippen LogP contribution in [-0.2, 0) is 11.2 Å². The van der Waals surface area contributed by atoms with Gasteiger partial charge >= 0.3 is 0 Å². The van der Waals surface area contributed by atoms with E-state index in [2.05, 4.69) is 5.43 Å². The van der Waals surface area contributed by atoms with Crippen LogP contribution in [0.2, 0.25) is 0 Å². The van der Waals surface area contributed by atoms with Gasteiger partial charge in [-0.3, -0.25) is 10.2 Å². The van der Waals surface area contributed by atoms with Gasteiger partial charge in [0.1, 0.15) is 0 Å². The molecule has 3 N–H and O–H groups in total. The average molecular weight is 192 g/mol. The maximum atomic E-state index is 11.4. The second kappa shape index (κ2) is 4.24. The van der Waals surface area contributed by atoms with Crippen molar-refractivity contribution in [1.82, 2.24) is 5.43 Å². The third-order valence-corrected chi connectivity index (χ3v) is 2.23. The fourth-order valence-corrected chi connectivity index (χ4v) is 1.38. The van der Waals surface area contributed by atoms with E-state index in [1.807, 2.05) is 44.2 Å². The monoisotopic (exact) mass is 192 g/mol. The van der Waals surface area contributed by atoms with Crippen molar-refractivity contribution in [3.05, 3.63) is 35.9 Å². The smallest absolute Gasteiger partial charge is 0.239 e. The molecule has 0 fully saturated rings. The Labute approximate surface area is 84.3 Å². The maximum absolute atomic E-state index is 11.4. The van der Waals surface area contributed by atoms with Crippen molar-refractivity contribution in [1.29, 1.82) is 0 Å². The van der Waals surface area contributed by atoms with Crippen LogP contribution in [0.3, 0.4) is 0 Å². The number of hydrazine groups is 1. The fourth-order valence-electron chi connectivity index (χ4n) is 1.38. The van der Waals surface area contributed by atoms with E-state index in [0.717, 1.165) is 5.56 Å². The SMILES string of the molecule is CC(C)(Cc1ccccc1)C(=O)NN. The predicted molar refractivity (Wildman–Crippen MR) is 56.3 cm³/mol. The molecular formula is C11H16N2O. The Morgan fingerprint density at radius 3 is 2.43 bits per heavy atom. The van der Waals surface area contributed by atoms with Gasteiger partial charge in [-0.05, 0) is 12.0 Å². The van der Waals surface area contributed by atoms with Crippen LogP contribution in [0.5, 0.6) is 0 Å². The van der Waals surface area contributed by atoms with E-state index in [-0.39, 0.29) is 5.91 Å². The van der Waals surface area contributed by atoms with Crippen LogP contribution in [0.15, 0.2) is 30.3 Å². The molecule has 0 atom stereocenters. The van der Waals surface area contributed by atoms with Gasteiger partial charge in [0, 0.05) is 5.41 Å². The van der Waals surface area contributed by atoms with Crippen LogP contribution in [-0.4, -0.2) is 5.91 Å². The van der Waals surface area contributed by atoms with Crippen LogP contribution in [0.1, 0.15) is 19.4 Å². The van der Waals surface area contributed by atoms with Gasteiger partial charge in [-0.25, -0.2) is 5.84 Å². The molecule has 0 spiro atoms. The maximum Gasteiger partial charge on any atom is 0.239 e. The third kappa shape index (κ3) is 2.57. The normalized spacial score (nSPS) is 11.1. The first kappa shape index (κ1) is 10.7. The molecule has 0 aliphatic heterocycles. The molecule has 0 aromatic heterocycles. The van der Waals surface area contributed by atoms with Crippen LogP contribution in [0.4, 0.5) is 0 Å². The van der Waals surface area contributed by atoms with Gasteiger partial charge in [-0.1, -0.05) is 44.2 Å². The number of nitrogens with two attached hydrogens (primary N) is 1. The summed E-state index contributed by atoms with van der Waals surface area (Å²) in [6.07, 6.45) is 0.691. The van der Waals surface area contributed by atoms with Crippen LogP contribution in [0, 0.1) is 5.41 Å². The van der Waals surface area contributed by atoms with Gasteiger partial charge in [0.2, 0.25) is 5.91 Å². The summed E-state index contributed by atoms with van der Waals surface area (Å²) in [5.41, 5.74) is 2.86. The van der Waals surface area contributed by atoms with Gasteiger partial charge in [-0.15, -0.1) is 0 Å². The second-order valence-corrected chi connectivity index (χ2v) is 4.02. The van der Waals surface area contributed by atoms with Crippen molar-refractivity contribution in [2.24, 2.45) is 11.3 Å². The zero-order valence-corrected chi connectivity index (χ0v) is 8.58. The molecule has 14 heavy (non-hydrogen) atoms. The molecule has 1 amide bonds. The number of nitrogens with one attached hydrogen (secondary N) is 1. The minimum Gasteiger partial charge on any atom is -0.294 e. The zero-order chi connectivity index (χ0) is 10.6. The lowest BCUT2D eigenvalue weighted by Crippen LogP contribution is -2.42. The summed E-state index contributed by atoms with van der Waals surface area (Å²) in [5, 5.41) is 0. The Morgan fingerprint density at radius 2 is 1.93 bits per heavy atom. The minimum absolute atomic E-state index is 0.138. The molecule has 0 aliphatic carbocycles. The van der Waals surface area contributed by atoms with Crippen molar-refractivity contribution in [3.63, 3.8) is 0 Å². The number of carbonyl (C=O) groups is 1. The highest BCUT2D eigenvalue weighted by atomic mass is 16.2. The predicted octanol–water partition coefficient (Wildman–Crippen LogP) is 1.25. The Kier molecular flexibility index (Phi) is 3.25. The molecule has 3 heteroatoms. The van der Waals surface area contributed by atoms with E-state index < -0.39 is 5.41 Å². The summed E-state index contributed by atoms with van der Waals surface area (Å²) in [6.45, 7) is 3.75. The summed E-state index contributed by atoms with van der Waals surface area (Å²) >= 11 is 0. The molecule has 1 rings (SSSR count). The van der Waals surface area contributed by atoms with Gasteiger partial charge in [0.25, 0.3) is 0 Å². The zero-order valence-electron chi connectivity index (χ0n) is 8.58. The van der Waals surface area contributed by atoms with E-state index in [1.54, 1.807) is 0 Å². The van der Waals surface area contributed by atoms with Gasteiger partial charge in [0.15, 0.2) is 0 Å². The third-order valence-electron chi connectivity index (χ3n) is 2.23. The van der Waals surface area contributed by atoms with Crippen molar-refractivity contribution in [2.45, 2.75) is 20.3 Å². The molecule has 0 saturated carbocycles. The second-order valence-electron chi connectivity index (χ2n) is 4.02. The Balaban J connectivity index is 2.73. The fraction of sp³-hybridized carbons (Fsp3) is 0.364. The molecule has 3 nitrogen and oxygen atoms in total. The highest BCUT2D eigenvalue weighted by Crippen LogP contribution is 2.21. The van der Waals surface area contributed by atoms with Gasteiger partial charge in [0.05, 0.1) is 0 Å². The number of hydrogen-bond acceptors (Lipinski definition) is 2. The van der Waals surface area contributed by atoms with Gasteiger partial charge in [-0.2, -0.15) is 0 Å². The number of hydrogen-bond donors (Lipinski definition) is 2. The van der Waals surface area contributed by atoms with E-state index in [9.17, 15) is 4.79 Å². The summed E-state index contributed by atoms with van der Waals surface area (Å²) < 4.78 is 0. The largest absolute Gasteiger partial charge is 0.294 e. The Morgan fingerprint density at radius 1 is 1.36 bits per heavy atom. The van der Waals surface area contributed by atoms with E-state index >= 15 is 0 Å². The van der Waals surface area contributed by atoms with E-state index in [1.165, 1.54) is 0 Å². The molecule has 0 bridgehead atoms. The molecule has 0 radical (unpaired) electrons. The molecule has 0 aliphatic rings. The lowest BCUT2D eigenvalue weighted by molar-refractivity contribution is -0.129. The molecular weight excluding hydrogens is 176 g/mol. The minimum atomic E-state index is -0.462. The molecule has 1 aromatic rings. The molecule has 0 heterocycles. The van der Waals surface area contributed by atoms with Crippen LogP contribution >= 0.6 is 0 Å². The first-order valence-corrected chi connectivity index (χ1v) is 4.61. The quantitative estimate of drug-likeness (QED) is 0.430. The summed E-state index contributed by atoms with van der Waals surface area (Å²) in [4.78, 5) is 11.4. The van der Waals surface area contributed by atoms with Crippen molar-refractivity contribution < 1.29 is 4.79 Å². The lowest BCUT2D eigenvalue weighted by Gasteiger charge is -2.22. The molecule has 1 aromatic carbocycles. The summed E-state index contributed by atoms with van der Waals surface area (Å²) in [7, 11) is 0. The molecule has 76 valence electrons. The topological polar surface area (TPSA) is 55.1 Å². The van der Waals surface area contributed by atoms with E-state index in [0.29, 0.717) is 6.42 Å². The first-order chi connectivity index (χ1) is 6.56. The number of carbonyl (C=O) groups excluding carboxylic acids is 1. The Bertz CT molecular complexity index is 306. The Hall–Kier alpha value is -1.35. The number of amides is 1. The first-order valence-electron chi connectivity index (χ1n) is 4.61. The van der Waals surface area contributed by atoms with E-state index in [4.69, 9.17) is 5.84 Å². The standard InChI is InChI=1S/C11H16N2O/c1-11(2,10(14)13-12)8-9-6-4-3-5-7-9/h3-7H,8,12H2,1-2H3,(H,13,14). The van der Waals surface area contributed by atoms with Crippen LogP contribution < -0.4 is 11.3 Å². The highest BCUT2D eigenvalue weighted by molar-refractivity contribution is 5.81. The highest BCUT2D eigenvalue weighted by Gasteiger charge is 2.26. The number of benzene rings is 1.